The van der Waals surface area contributed by atoms with Crippen LogP contribution in [0.2, 0.25) is 5.28 Å². The Morgan fingerprint density at radius 3 is 2.90 bits per heavy atom. The second kappa shape index (κ2) is 9.98. The molecule has 162 valence electrons. The number of hydrogen-bond donors (Lipinski definition) is 2. The first-order chi connectivity index (χ1) is 14.9. The van der Waals surface area contributed by atoms with E-state index in [1.165, 1.54) is 6.20 Å². The van der Waals surface area contributed by atoms with E-state index in [0.29, 0.717) is 30.1 Å². The van der Waals surface area contributed by atoms with Gasteiger partial charge in [-0.25, -0.2) is 9.97 Å². The van der Waals surface area contributed by atoms with Crippen molar-refractivity contribution in [2.24, 2.45) is 0 Å². The van der Waals surface area contributed by atoms with Crippen molar-refractivity contribution in [2.75, 3.05) is 18.5 Å². The van der Waals surface area contributed by atoms with Crippen LogP contribution in [0.15, 0.2) is 30.5 Å². The molecule has 0 bridgehead atoms. The van der Waals surface area contributed by atoms with Gasteiger partial charge in [0.15, 0.2) is 0 Å². The number of nitrogens with zero attached hydrogens (tertiary/aromatic N) is 3. The fourth-order valence-electron chi connectivity index (χ4n) is 3.13. The minimum absolute atomic E-state index is 0.0563. The molecule has 10 nitrogen and oxygen atoms in total. The van der Waals surface area contributed by atoms with Crippen molar-refractivity contribution in [3.63, 3.8) is 0 Å². The topological polar surface area (TPSA) is 131 Å². The number of anilines is 1. The summed E-state index contributed by atoms with van der Waals surface area (Å²) in [6.07, 6.45) is 1.98. The summed E-state index contributed by atoms with van der Waals surface area (Å²) in [5, 5.41) is 5.31. The number of aromatic nitrogens is 2. The molecule has 11 heteroatoms. The molecule has 1 atom stereocenters. The van der Waals surface area contributed by atoms with Crippen LogP contribution in [0.3, 0.4) is 0 Å². The van der Waals surface area contributed by atoms with Crippen molar-refractivity contribution < 1.29 is 23.9 Å². The molecule has 1 fully saturated rings. The molecule has 2 heterocycles. The summed E-state index contributed by atoms with van der Waals surface area (Å²) in [5.74, 6) is -0.722. The van der Waals surface area contributed by atoms with Crippen molar-refractivity contribution in [1.82, 2.24) is 20.2 Å². The molecule has 4 amide bonds. The van der Waals surface area contributed by atoms with E-state index in [9.17, 15) is 19.2 Å². The van der Waals surface area contributed by atoms with E-state index in [1.54, 1.807) is 31.2 Å². The molecule has 1 saturated heterocycles. The number of halogens is 1. The van der Waals surface area contributed by atoms with Crippen LogP contribution in [-0.4, -0.2) is 58.2 Å². The van der Waals surface area contributed by atoms with Gasteiger partial charge in [0.25, 0.3) is 5.91 Å². The van der Waals surface area contributed by atoms with Gasteiger partial charge in [-0.3, -0.25) is 29.4 Å². The minimum Gasteiger partial charge on any atom is -0.491 e. The number of benzene rings is 1. The Labute approximate surface area is 182 Å². The highest BCUT2D eigenvalue weighted by Crippen LogP contribution is 2.24. The number of rotatable bonds is 8. The van der Waals surface area contributed by atoms with Gasteiger partial charge in [-0.15, -0.1) is 0 Å². The van der Waals surface area contributed by atoms with E-state index in [0.717, 1.165) is 4.90 Å². The van der Waals surface area contributed by atoms with E-state index < -0.39 is 23.8 Å². The summed E-state index contributed by atoms with van der Waals surface area (Å²) < 4.78 is 5.75. The fourth-order valence-corrected chi connectivity index (χ4v) is 3.27. The Bertz CT molecular complexity index is 1020. The van der Waals surface area contributed by atoms with Crippen molar-refractivity contribution in [3.8, 4) is 5.75 Å². The van der Waals surface area contributed by atoms with Crippen LogP contribution in [0.5, 0.6) is 5.75 Å². The quantitative estimate of drug-likeness (QED) is 0.269. The van der Waals surface area contributed by atoms with Crippen LogP contribution in [0, 0.1) is 6.92 Å². The van der Waals surface area contributed by atoms with E-state index >= 15 is 0 Å². The number of carbonyl (C=O) groups excluding carboxylic acids is 4. The first-order valence-corrected chi connectivity index (χ1v) is 9.85. The molecule has 0 aliphatic carbocycles. The first-order valence-electron chi connectivity index (χ1n) is 9.47. The molecule has 2 aromatic rings. The smallest absolute Gasteiger partial charge is 0.261 e. The zero-order valence-corrected chi connectivity index (χ0v) is 17.4. The van der Waals surface area contributed by atoms with Crippen LogP contribution in [0.25, 0.3) is 0 Å². The lowest BCUT2D eigenvalue weighted by atomic mass is 10.0. The average molecular weight is 446 g/mol. The SMILES string of the molecule is Cc1c(OCCNc2ccnc(Cl)n2)cccc1C(=O)N(C=O)C1CCC(=O)NC1=O. The molecule has 1 unspecified atom stereocenters. The highest BCUT2D eigenvalue weighted by Gasteiger charge is 2.35. The van der Waals surface area contributed by atoms with E-state index in [1.807, 2.05) is 0 Å². The zero-order valence-electron chi connectivity index (χ0n) is 16.6. The summed E-state index contributed by atoms with van der Waals surface area (Å²) in [6.45, 7) is 2.37. The predicted octanol–water partition coefficient (Wildman–Crippen LogP) is 1.33. The molecule has 3 rings (SSSR count). The maximum atomic E-state index is 13.0. The van der Waals surface area contributed by atoms with Crippen molar-refractivity contribution >= 4 is 41.6 Å². The van der Waals surface area contributed by atoms with E-state index in [2.05, 4.69) is 20.6 Å². The molecule has 0 spiro atoms. The third-order valence-electron chi connectivity index (χ3n) is 4.70. The lowest BCUT2D eigenvalue weighted by molar-refractivity contribution is -0.139. The van der Waals surface area contributed by atoms with Crippen LogP contribution in [0.4, 0.5) is 5.82 Å². The normalized spacial score (nSPS) is 15.7. The molecule has 1 aromatic carbocycles. The Balaban J connectivity index is 1.66. The molecule has 0 saturated carbocycles. The van der Waals surface area contributed by atoms with Gasteiger partial charge in [0, 0.05) is 23.7 Å². The monoisotopic (exact) mass is 445 g/mol. The number of imide groups is 2. The molecular formula is C20H20ClN5O5. The standard InChI is InChI=1S/C20H20ClN5O5/c1-12-13(19(30)26(11-27)14-5-6-17(28)25-18(14)29)3-2-4-15(12)31-10-9-22-16-7-8-23-20(21)24-16/h2-4,7-8,11,14H,5-6,9-10H2,1H3,(H,22,23,24)(H,25,28,29). The summed E-state index contributed by atoms with van der Waals surface area (Å²) in [5.41, 5.74) is 0.751. The van der Waals surface area contributed by atoms with Crippen LogP contribution < -0.4 is 15.4 Å². The summed E-state index contributed by atoms with van der Waals surface area (Å²) in [4.78, 5) is 56.6. The van der Waals surface area contributed by atoms with Gasteiger partial charge in [0.2, 0.25) is 23.5 Å². The fraction of sp³-hybridized carbons (Fsp3) is 0.300. The number of piperidine rings is 1. The van der Waals surface area contributed by atoms with Crippen molar-refractivity contribution in [3.05, 3.63) is 46.9 Å². The molecule has 1 aliphatic heterocycles. The third-order valence-corrected chi connectivity index (χ3v) is 4.88. The Morgan fingerprint density at radius 1 is 1.39 bits per heavy atom. The predicted molar refractivity (Wildman–Crippen MR) is 111 cm³/mol. The minimum atomic E-state index is -1.03. The zero-order chi connectivity index (χ0) is 22.4. The number of ether oxygens (including phenoxy) is 1. The van der Waals surface area contributed by atoms with Crippen LogP contribution in [0.1, 0.15) is 28.8 Å². The Morgan fingerprint density at radius 2 is 2.19 bits per heavy atom. The molecule has 2 N–H and O–H groups in total. The molecule has 1 aliphatic rings. The van der Waals surface area contributed by atoms with Gasteiger partial charge in [0.05, 0.1) is 6.54 Å². The van der Waals surface area contributed by atoms with Crippen molar-refractivity contribution in [1.29, 1.82) is 0 Å². The summed E-state index contributed by atoms with van der Waals surface area (Å²) in [6, 6.07) is 5.51. The lowest BCUT2D eigenvalue weighted by Crippen LogP contribution is -2.53. The largest absolute Gasteiger partial charge is 0.491 e. The maximum absolute atomic E-state index is 13.0. The first kappa shape index (κ1) is 22.2. The number of amides is 4. The number of nitrogens with one attached hydrogen (secondary N) is 2. The van der Waals surface area contributed by atoms with Crippen molar-refractivity contribution in [2.45, 2.75) is 25.8 Å². The highest BCUT2D eigenvalue weighted by molar-refractivity contribution is 6.28. The second-order valence-electron chi connectivity index (χ2n) is 6.70. The highest BCUT2D eigenvalue weighted by atomic mass is 35.5. The number of carbonyl (C=O) groups is 4. The van der Waals surface area contributed by atoms with Gasteiger partial charge in [0.1, 0.15) is 24.2 Å². The Hall–Kier alpha value is -3.53. The molecule has 0 radical (unpaired) electrons. The van der Waals surface area contributed by atoms with Gasteiger partial charge in [-0.1, -0.05) is 6.07 Å². The summed E-state index contributed by atoms with van der Waals surface area (Å²) >= 11 is 5.74. The maximum Gasteiger partial charge on any atom is 0.261 e. The molecular weight excluding hydrogens is 426 g/mol. The third kappa shape index (κ3) is 5.34. The molecule has 1 aromatic heterocycles. The average Bonchev–Trinajstić information content (AvgIpc) is 2.74. The van der Waals surface area contributed by atoms with Crippen LogP contribution >= 0.6 is 11.6 Å². The van der Waals surface area contributed by atoms with E-state index in [4.69, 9.17) is 16.3 Å². The van der Waals surface area contributed by atoms with Gasteiger partial charge in [-0.2, -0.15) is 0 Å². The lowest BCUT2D eigenvalue weighted by Gasteiger charge is -2.28. The Kier molecular flexibility index (Phi) is 7.14. The summed E-state index contributed by atoms with van der Waals surface area (Å²) in [7, 11) is 0. The van der Waals surface area contributed by atoms with Crippen LogP contribution in [-0.2, 0) is 14.4 Å². The van der Waals surface area contributed by atoms with Gasteiger partial charge < -0.3 is 10.1 Å². The second-order valence-corrected chi connectivity index (χ2v) is 7.04. The molecule has 31 heavy (non-hydrogen) atoms. The number of hydrogen-bond acceptors (Lipinski definition) is 8. The van der Waals surface area contributed by atoms with E-state index in [-0.39, 0.29) is 30.3 Å². The van der Waals surface area contributed by atoms with Gasteiger partial charge in [-0.05, 0) is 43.1 Å². The van der Waals surface area contributed by atoms with Gasteiger partial charge >= 0.3 is 0 Å².